The molecule has 0 unspecified atom stereocenters. The summed E-state index contributed by atoms with van der Waals surface area (Å²) in [6, 6.07) is 5.71. The molecular formula is C16H18BrN3O2. The number of halogens is 1. The Hall–Kier alpha value is -1.69. The first-order valence-corrected chi connectivity index (χ1v) is 8.23. The monoisotopic (exact) mass is 363 g/mol. The molecular weight excluding hydrogens is 346 g/mol. The minimum Gasteiger partial charge on any atom is -0.467 e. The molecule has 6 heteroatoms. The predicted molar refractivity (Wildman–Crippen MR) is 87.7 cm³/mol. The molecule has 0 bridgehead atoms. The van der Waals surface area contributed by atoms with Crippen LogP contribution in [0.5, 0.6) is 5.88 Å². The van der Waals surface area contributed by atoms with Crippen LogP contribution in [0.25, 0.3) is 10.9 Å². The molecule has 0 aliphatic carbocycles. The van der Waals surface area contributed by atoms with Crippen molar-refractivity contribution in [1.29, 1.82) is 0 Å². The second-order valence-corrected chi connectivity index (χ2v) is 6.63. The number of carbonyl (C=O) groups excluding carboxylic acids is 1. The maximum atomic E-state index is 12.3. The normalized spacial score (nSPS) is 18.5. The molecule has 0 N–H and O–H groups in total. The van der Waals surface area contributed by atoms with E-state index in [0.29, 0.717) is 11.8 Å². The molecule has 1 aliphatic heterocycles. The molecule has 116 valence electrons. The van der Waals surface area contributed by atoms with E-state index in [1.807, 2.05) is 23.1 Å². The molecule has 1 saturated heterocycles. The van der Waals surface area contributed by atoms with Gasteiger partial charge in [-0.3, -0.25) is 4.79 Å². The Bertz CT molecular complexity index is 692. The third kappa shape index (κ3) is 3.38. The summed E-state index contributed by atoms with van der Waals surface area (Å²) in [6.07, 6.45) is 3.71. The number of nitrogens with zero attached hydrogens (tertiary/aromatic N) is 3. The molecule has 1 aromatic heterocycles. The maximum absolute atomic E-state index is 12.3. The van der Waals surface area contributed by atoms with Crippen molar-refractivity contribution in [2.75, 3.05) is 19.7 Å². The lowest BCUT2D eigenvalue weighted by Gasteiger charge is -2.30. The zero-order chi connectivity index (χ0) is 15.5. The smallest absolute Gasteiger partial charge is 0.260 e. The lowest BCUT2D eigenvalue weighted by molar-refractivity contribution is -0.135. The number of fused-ring (bicyclic) bond motifs is 1. The first-order chi connectivity index (χ1) is 10.6. The van der Waals surface area contributed by atoms with Crippen molar-refractivity contribution in [1.82, 2.24) is 14.9 Å². The van der Waals surface area contributed by atoms with Crippen molar-refractivity contribution in [2.45, 2.75) is 19.8 Å². The quantitative estimate of drug-likeness (QED) is 0.840. The summed E-state index contributed by atoms with van der Waals surface area (Å²) >= 11 is 3.43. The van der Waals surface area contributed by atoms with Gasteiger partial charge in [0.2, 0.25) is 5.88 Å². The summed E-state index contributed by atoms with van der Waals surface area (Å²) in [7, 11) is 0. The van der Waals surface area contributed by atoms with Gasteiger partial charge in [0, 0.05) is 17.6 Å². The summed E-state index contributed by atoms with van der Waals surface area (Å²) in [6.45, 7) is 3.84. The van der Waals surface area contributed by atoms with Crippen LogP contribution in [-0.4, -0.2) is 40.5 Å². The van der Waals surface area contributed by atoms with Gasteiger partial charge >= 0.3 is 0 Å². The first kappa shape index (κ1) is 15.2. The second kappa shape index (κ2) is 6.60. The number of piperidine rings is 1. The Morgan fingerprint density at radius 1 is 1.45 bits per heavy atom. The number of aromatic nitrogens is 2. The molecule has 0 spiro atoms. The van der Waals surface area contributed by atoms with Crippen LogP contribution in [-0.2, 0) is 4.79 Å². The molecule has 2 heterocycles. The second-order valence-electron chi connectivity index (χ2n) is 5.72. The highest BCUT2D eigenvalue weighted by Gasteiger charge is 2.21. The maximum Gasteiger partial charge on any atom is 0.260 e. The number of carbonyl (C=O) groups is 1. The standard InChI is InChI=1S/C16H18BrN3O2/c1-11-3-2-6-20(8-11)15(21)9-22-16-13-7-12(17)4-5-14(13)18-10-19-16/h4-5,7,10-11H,2-3,6,8-9H2,1H3/t11-/m0/s1. The number of hydrogen-bond donors (Lipinski definition) is 0. The average Bonchev–Trinajstić information content (AvgIpc) is 2.52. The SMILES string of the molecule is C[C@H]1CCCN(C(=O)COc2ncnc3ccc(Br)cc23)C1. The van der Waals surface area contributed by atoms with E-state index in [-0.39, 0.29) is 12.5 Å². The topological polar surface area (TPSA) is 55.3 Å². The Kier molecular flexibility index (Phi) is 4.57. The van der Waals surface area contributed by atoms with Gasteiger partial charge in [-0.1, -0.05) is 22.9 Å². The van der Waals surface area contributed by atoms with E-state index in [1.54, 1.807) is 0 Å². The fraction of sp³-hybridized carbons (Fsp3) is 0.438. The Morgan fingerprint density at radius 3 is 3.14 bits per heavy atom. The number of hydrogen-bond acceptors (Lipinski definition) is 4. The van der Waals surface area contributed by atoms with Gasteiger partial charge in [0.05, 0.1) is 10.9 Å². The van der Waals surface area contributed by atoms with Gasteiger partial charge in [-0.2, -0.15) is 0 Å². The van der Waals surface area contributed by atoms with Gasteiger partial charge in [-0.25, -0.2) is 9.97 Å². The number of amides is 1. The van der Waals surface area contributed by atoms with E-state index in [4.69, 9.17) is 4.74 Å². The molecule has 0 radical (unpaired) electrons. The van der Waals surface area contributed by atoms with Crippen LogP contribution in [0.15, 0.2) is 29.0 Å². The Balaban J connectivity index is 1.71. The highest BCUT2D eigenvalue weighted by atomic mass is 79.9. The molecule has 0 saturated carbocycles. The highest BCUT2D eigenvalue weighted by molar-refractivity contribution is 9.10. The molecule has 1 aliphatic rings. The predicted octanol–water partition coefficient (Wildman–Crippen LogP) is 3.03. The van der Waals surface area contributed by atoms with Crippen LogP contribution in [0, 0.1) is 5.92 Å². The van der Waals surface area contributed by atoms with Gasteiger partial charge in [0.15, 0.2) is 6.61 Å². The van der Waals surface area contributed by atoms with Crippen molar-refractivity contribution < 1.29 is 9.53 Å². The molecule has 1 aromatic carbocycles. The van der Waals surface area contributed by atoms with E-state index in [1.165, 1.54) is 12.7 Å². The first-order valence-electron chi connectivity index (χ1n) is 7.44. The molecule has 2 aromatic rings. The molecule has 22 heavy (non-hydrogen) atoms. The van der Waals surface area contributed by atoms with Crippen molar-refractivity contribution in [3.8, 4) is 5.88 Å². The Labute approximate surface area is 137 Å². The number of ether oxygens (including phenoxy) is 1. The number of likely N-dealkylation sites (tertiary alicyclic amines) is 1. The van der Waals surface area contributed by atoms with Crippen molar-refractivity contribution >= 4 is 32.7 Å². The van der Waals surface area contributed by atoms with Gasteiger partial charge < -0.3 is 9.64 Å². The van der Waals surface area contributed by atoms with E-state index < -0.39 is 0 Å². The Morgan fingerprint density at radius 2 is 2.32 bits per heavy atom. The van der Waals surface area contributed by atoms with Crippen LogP contribution in [0.3, 0.4) is 0 Å². The van der Waals surface area contributed by atoms with E-state index >= 15 is 0 Å². The summed E-state index contributed by atoms with van der Waals surface area (Å²) in [4.78, 5) is 22.5. The van der Waals surface area contributed by atoms with E-state index in [0.717, 1.165) is 34.9 Å². The lowest BCUT2D eigenvalue weighted by atomic mass is 10.0. The van der Waals surface area contributed by atoms with Crippen LogP contribution in [0.1, 0.15) is 19.8 Å². The molecule has 5 nitrogen and oxygen atoms in total. The summed E-state index contributed by atoms with van der Waals surface area (Å²) in [5.74, 6) is 1.03. The number of rotatable bonds is 3. The van der Waals surface area contributed by atoms with Crippen molar-refractivity contribution in [3.05, 3.63) is 29.0 Å². The fourth-order valence-corrected chi connectivity index (χ4v) is 3.12. The van der Waals surface area contributed by atoms with Gasteiger partial charge in [0.25, 0.3) is 5.91 Å². The van der Waals surface area contributed by atoms with Crippen molar-refractivity contribution in [2.24, 2.45) is 5.92 Å². The third-order valence-corrected chi connectivity index (χ3v) is 4.40. The average molecular weight is 364 g/mol. The van der Waals surface area contributed by atoms with Crippen LogP contribution < -0.4 is 4.74 Å². The minimum atomic E-state index is 0.0192. The number of benzene rings is 1. The largest absolute Gasteiger partial charge is 0.467 e. The van der Waals surface area contributed by atoms with Crippen LogP contribution >= 0.6 is 15.9 Å². The van der Waals surface area contributed by atoms with Crippen LogP contribution in [0.2, 0.25) is 0 Å². The highest BCUT2D eigenvalue weighted by Crippen LogP contribution is 2.25. The molecule has 1 amide bonds. The summed E-state index contributed by atoms with van der Waals surface area (Å²) in [5, 5.41) is 0.802. The van der Waals surface area contributed by atoms with Gasteiger partial charge in [0.1, 0.15) is 6.33 Å². The minimum absolute atomic E-state index is 0.0192. The van der Waals surface area contributed by atoms with Crippen molar-refractivity contribution in [3.63, 3.8) is 0 Å². The third-order valence-electron chi connectivity index (χ3n) is 3.90. The van der Waals surface area contributed by atoms with E-state index in [9.17, 15) is 4.79 Å². The van der Waals surface area contributed by atoms with E-state index in [2.05, 4.69) is 32.8 Å². The molecule has 1 fully saturated rings. The van der Waals surface area contributed by atoms with Crippen LogP contribution in [0.4, 0.5) is 0 Å². The molecule has 3 rings (SSSR count). The summed E-state index contributed by atoms with van der Waals surface area (Å²) in [5.41, 5.74) is 0.798. The zero-order valence-electron chi connectivity index (χ0n) is 12.5. The molecule has 1 atom stereocenters. The van der Waals surface area contributed by atoms with Gasteiger partial charge in [-0.05, 0) is 37.0 Å². The van der Waals surface area contributed by atoms with Gasteiger partial charge in [-0.15, -0.1) is 0 Å². The fourth-order valence-electron chi connectivity index (χ4n) is 2.76. The zero-order valence-corrected chi connectivity index (χ0v) is 14.0. The summed E-state index contributed by atoms with van der Waals surface area (Å²) < 4.78 is 6.59. The lowest BCUT2D eigenvalue weighted by Crippen LogP contribution is -2.41.